The molecule has 1 heterocycles. The first kappa shape index (κ1) is 21.0. The lowest BCUT2D eigenvalue weighted by molar-refractivity contribution is 0.0179. The van der Waals surface area contributed by atoms with Gasteiger partial charge in [0.2, 0.25) is 0 Å². The molecule has 1 aliphatic rings. The molecule has 0 amide bonds. The van der Waals surface area contributed by atoms with Crippen LogP contribution in [0.5, 0.6) is 11.5 Å². The molecule has 0 spiro atoms. The van der Waals surface area contributed by atoms with E-state index in [4.69, 9.17) is 19.9 Å². The Hall–Kier alpha value is -2.77. The fourth-order valence-corrected chi connectivity index (χ4v) is 3.39. The Morgan fingerprint density at radius 3 is 2.45 bits per heavy atom. The molecule has 1 saturated heterocycles. The standard InChI is InChI=1S/C22H30N4O3/c1-16-4-7-18(8-5-16)25-22(23)24-15-19(26-10-12-29-13-11-26)17-6-9-20(27-2)21(14-17)28-3/h4-9,14,19H,10-13,15H2,1-3H3,(H3,23,24,25). The maximum Gasteiger partial charge on any atom is 0.193 e. The van der Waals surface area contributed by atoms with Crippen LogP contribution in [0, 0.1) is 6.92 Å². The topological polar surface area (TPSA) is 81.3 Å². The van der Waals surface area contributed by atoms with Crippen molar-refractivity contribution in [2.45, 2.75) is 13.0 Å². The summed E-state index contributed by atoms with van der Waals surface area (Å²) in [6, 6.07) is 14.1. The number of morpholine rings is 1. The van der Waals surface area contributed by atoms with E-state index in [1.165, 1.54) is 5.56 Å². The van der Waals surface area contributed by atoms with Gasteiger partial charge >= 0.3 is 0 Å². The van der Waals surface area contributed by atoms with Crippen LogP contribution < -0.4 is 20.5 Å². The van der Waals surface area contributed by atoms with Crippen LogP contribution in [0.15, 0.2) is 47.5 Å². The van der Waals surface area contributed by atoms with Gasteiger partial charge in [0.05, 0.1) is 40.0 Å². The Balaban J connectivity index is 1.79. The quantitative estimate of drug-likeness (QED) is 0.551. The number of rotatable bonds is 7. The highest BCUT2D eigenvalue weighted by Gasteiger charge is 2.23. The lowest BCUT2D eigenvalue weighted by atomic mass is 10.0. The van der Waals surface area contributed by atoms with Gasteiger partial charge in [-0.3, -0.25) is 9.89 Å². The van der Waals surface area contributed by atoms with E-state index in [1.54, 1.807) is 14.2 Å². The van der Waals surface area contributed by atoms with Gasteiger partial charge in [0.25, 0.3) is 0 Å². The average molecular weight is 399 g/mol. The van der Waals surface area contributed by atoms with Crippen molar-refractivity contribution in [1.29, 1.82) is 0 Å². The van der Waals surface area contributed by atoms with E-state index < -0.39 is 0 Å². The number of guanidine groups is 1. The van der Waals surface area contributed by atoms with E-state index in [9.17, 15) is 0 Å². The van der Waals surface area contributed by atoms with Gasteiger partial charge in [-0.15, -0.1) is 0 Å². The van der Waals surface area contributed by atoms with Crippen LogP contribution in [0.3, 0.4) is 0 Å². The summed E-state index contributed by atoms with van der Waals surface area (Å²) >= 11 is 0. The monoisotopic (exact) mass is 398 g/mol. The zero-order valence-electron chi connectivity index (χ0n) is 17.4. The lowest BCUT2D eigenvalue weighted by Gasteiger charge is -2.34. The smallest absolute Gasteiger partial charge is 0.193 e. The number of ether oxygens (including phenoxy) is 3. The molecule has 0 bridgehead atoms. The van der Waals surface area contributed by atoms with E-state index in [2.05, 4.69) is 28.2 Å². The first-order valence-electron chi connectivity index (χ1n) is 9.78. The number of nitrogens with zero attached hydrogens (tertiary/aromatic N) is 2. The van der Waals surface area contributed by atoms with E-state index >= 15 is 0 Å². The van der Waals surface area contributed by atoms with E-state index in [-0.39, 0.29) is 6.04 Å². The average Bonchev–Trinajstić information content (AvgIpc) is 2.76. The molecule has 1 atom stereocenters. The Kier molecular flexibility index (Phi) is 7.32. The molecule has 2 aromatic carbocycles. The molecule has 1 aliphatic heterocycles. The van der Waals surface area contributed by atoms with Crippen LogP contribution in [-0.2, 0) is 4.74 Å². The second kappa shape index (κ2) is 10.1. The van der Waals surface area contributed by atoms with E-state index in [1.807, 2.05) is 36.4 Å². The van der Waals surface area contributed by atoms with Crippen LogP contribution >= 0.6 is 0 Å². The zero-order valence-corrected chi connectivity index (χ0v) is 17.4. The predicted molar refractivity (Wildman–Crippen MR) is 116 cm³/mol. The largest absolute Gasteiger partial charge is 0.493 e. The third-order valence-electron chi connectivity index (χ3n) is 5.04. The van der Waals surface area contributed by atoms with Crippen molar-refractivity contribution >= 4 is 11.6 Å². The van der Waals surface area contributed by atoms with Crippen molar-refractivity contribution in [2.75, 3.05) is 52.4 Å². The summed E-state index contributed by atoms with van der Waals surface area (Å²) in [4.78, 5) is 6.99. The zero-order chi connectivity index (χ0) is 20.6. The predicted octanol–water partition coefficient (Wildman–Crippen LogP) is 2.81. The fourth-order valence-electron chi connectivity index (χ4n) is 3.39. The van der Waals surface area contributed by atoms with E-state index in [0.717, 1.165) is 24.3 Å². The highest BCUT2D eigenvalue weighted by Crippen LogP contribution is 2.32. The number of nitrogens with one attached hydrogen (secondary N) is 1. The van der Waals surface area contributed by atoms with E-state index in [0.29, 0.717) is 37.2 Å². The van der Waals surface area contributed by atoms with Crippen molar-refractivity contribution in [1.82, 2.24) is 4.90 Å². The molecule has 0 radical (unpaired) electrons. The maximum absolute atomic E-state index is 6.15. The van der Waals surface area contributed by atoms with Crippen LogP contribution in [0.2, 0.25) is 0 Å². The number of hydrogen-bond donors (Lipinski definition) is 2. The van der Waals surface area contributed by atoms with Gasteiger partial charge in [0.15, 0.2) is 17.5 Å². The first-order valence-corrected chi connectivity index (χ1v) is 9.78. The van der Waals surface area contributed by atoms with Gasteiger partial charge in [0.1, 0.15) is 0 Å². The first-order chi connectivity index (χ1) is 14.1. The molecular formula is C22H30N4O3. The second-order valence-electron chi connectivity index (χ2n) is 7.00. The Morgan fingerprint density at radius 1 is 1.10 bits per heavy atom. The molecule has 2 aromatic rings. The minimum Gasteiger partial charge on any atom is -0.493 e. The summed E-state index contributed by atoms with van der Waals surface area (Å²) in [6.45, 7) is 5.70. The van der Waals surface area contributed by atoms with Crippen LogP contribution in [-0.4, -0.2) is 57.9 Å². The van der Waals surface area contributed by atoms with Gasteiger partial charge in [-0.2, -0.15) is 0 Å². The normalized spacial score (nSPS) is 16.3. The summed E-state index contributed by atoms with van der Waals surface area (Å²) in [6.07, 6.45) is 0. The lowest BCUT2D eigenvalue weighted by Crippen LogP contribution is -2.40. The summed E-state index contributed by atoms with van der Waals surface area (Å²) in [5, 5.41) is 3.16. The van der Waals surface area contributed by atoms with Gasteiger partial charge in [-0.25, -0.2) is 0 Å². The Morgan fingerprint density at radius 2 is 1.79 bits per heavy atom. The number of methoxy groups -OCH3 is 2. The summed E-state index contributed by atoms with van der Waals surface area (Å²) in [5.74, 6) is 1.81. The minimum atomic E-state index is 0.0667. The fraction of sp³-hybridized carbons (Fsp3) is 0.409. The molecule has 7 nitrogen and oxygen atoms in total. The molecule has 3 rings (SSSR count). The molecule has 7 heteroatoms. The number of benzene rings is 2. The summed E-state index contributed by atoms with van der Waals surface area (Å²) in [7, 11) is 3.28. The molecule has 156 valence electrons. The number of aliphatic imine (C=N–C) groups is 1. The third-order valence-corrected chi connectivity index (χ3v) is 5.04. The van der Waals surface area contributed by atoms with Gasteiger partial charge < -0.3 is 25.3 Å². The minimum absolute atomic E-state index is 0.0667. The number of aryl methyl sites for hydroxylation is 1. The molecule has 3 N–H and O–H groups in total. The highest BCUT2D eigenvalue weighted by atomic mass is 16.5. The molecule has 0 aliphatic carbocycles. The van der Waals surface area contributed by atoms with Gasteiger partial charge in [0, 0.05) is 18.8 Å². The SMILES string of the molecule is COc1ccc(C(CN=C(N)Nc2ccc(C)cc2)N2CCOCC2)cc1OC. The molecule has 29 heavy (non-hydrogen) atoms. The number of hydrogen-bond acceptors (Lipinski definition) is 5. The second-order valence-corrected chi connectivity index (χ2v) is 7.00. The third kappa shape index (κ3) is 5.62. The number of anilines is 1. The Bertz CT molecular complexity index is 817. The molecular weight excluding hydrogens is 368 g/mol. The van der Waals surface area contributed by atoms with Crippen molar-refractivity contribution in [2.24, 2.45) is 10.7 Å². The summed E-state index contributed by atoms with van der Waals surface area (Å²) in [5.41, 5.74) is 9.38. The van der Waals surface area contributed by atoms with Crippen molar-refractivity contribution in [3.05, 3.63) is 53.6 Å². The molecule has 1 fully saturated rings. The van der Waals surface area contributed by atoms with Crippen LogP contribution in [0.1, 0.15) is 17.2 Å². The molecule has 1 unspecified atom stereocenters. The van der Waals surface area contributed by atoms with Crippen LogP contribution in [0.25, 0.3) is 0 Å². The Labute approximate surface area is 172 Å². The maximum atomic E-state index is 6.15. The molecule has 0 saturated carbocycles. The van der Waals surface area contributed by atoms with Crippen molar-refractivity contribution < 1.29 is 14.2 Å². The van der Waals surface area contributed by atoms with Crippen molar-refractivity contribution in [3.63, 3.8) is 0 Å². The summed E-state index contributed by atoms with van der Waals surface area (Å²) < 4.78 is 16.4. The van der Waals surface area contributed by atoms with Crippen molar-refractivity contribution in [3.8, 4) is 11.5 Å². The highest BCUT2D eigenvalue weighted by molar-refractivity contribution is 5.92. The van der Waals surface area contributed by atoms with Gasteiger partial charge in [-0.05, 0) is 36.8 Å². The number of nitrogens with two attached hydrogens (primary N) is 1. The molecule has 0 aromatic heterocycles. The van der Waals surface area contributed by atoms with Gasteiger partial charge in [-0.1, -0.05) is 23.8 Å². The van der Waals surface area contributed by atoms with Crippen LogP contribution in [0.4, 0.5) is 5.69 Å².